The number of rotatable bonds is 1. The number of carboxylic acids is 1. The minimum Gasteiger partial charge on any atom is -0.618 e. The van der Waals surface area contributed by atoms with Crippen LogP contribution in [0, 0.1) is 5.21 Å². The van der Waals surface area contributed by atoms with E-state index in [1.807, 2.05) is 0 Å². The van der Waals surface area contributed by atoms with Gasteiger partial charge in [0.2, 0.25) is 5.52 Å². The maximum absolute atomic E-state index is 11.4. The molecule has 0 aliphatic heterocycles. The first-order valence-corrected chi connectivity index (χ1v) is 4.93. The molecule has 0 aliphatic carbocycles. The summed E-state index contributed by atoms with van der Waals surface area (Å²) in [7, 11) is 0. The van der Waals surface area contributed by atoms with Crippen molar-refractivity contribution in [3.8, 4) is 0 Å². The van der Waals surface area contributed by atoms with Crippen LogP contribution in [0.15, 0.2) is 34.9 Å². The highest BCUT2D eigenvalue weighted by molar-refractivity contribution is 9.10. The van der Waals surface area contributed by atoms with Crippen LogP contribution in [0.2, 0.25) is 0 Å². The van der Waals surface area contributed by atoms with Gasteiger partial charge >= 0.3 is 5.97 Å². The van der Waals surface area contributed by atoms with E-state index >= 15 is 0 Å². The van der Waals surface area contributed by atoms with Crippen molar-refractivity contribution in [2.75, 3.05) is 0 Å². The molecule has 1 heterocycles. The summed E-state index contributed by atoms with van der Waals surface area (Å²) in [6.45, 7) is 0. The summed E-state index contributed by atoms with van der Waals surface area (Å²) in [5, 5.41) is 20.8. The monoisotopic (exact) mass is 267 g/mol. The number of aromatic nitrogens is 1. The molecular formula is C10H6BrNO3. The predicted octanol–water partition coefficient (Wildman–Crippen LogP) is 1.93. The predicted molar refractivity (Wildman–Crippen MR) is 57.6 cm³/mol. The van der Waals surface area contributed by atoms with Crippen molar-refractivity contribution in [1.29, 1.82) is 0 Å². The quantitative estimate of drug-likeness (QED) is 0.635. The van der Waals surface area contributed by atoms with E-state index in [0.717, 1.165) is 0 Å². The molecule has 76 valence electrons. The van der Waals surface area contributed by atoms with Crippen LogP contribution in [0.5, 0.6) is 0 Å². The normalized spacial score (nSPS) is 10.5. The highest BCUT2D eigenvalue weighted by Crippen LogP contribution is 2.22. The molecule has 0 saturated carbocycles. The van der Waals surface area contributed by atoms with E-state index in [1.54, 1.807) is 6.07 Å². The number of carboxylic acid groups (broad SMARTS) is 1. The summed E-state index contributed by atoms with van der Waals surface area (Å²) < 4.78 is 1.40. The zero-order chi connectivity index (χ0) is 11.0. The minimum absolute atomic E-state index is 0.161. The maximum atomic E-state index is 11.4. The van der Waals surface area contributed by atoms with Crippen molar-refractivity contribution in [3.63, 3.8) is 0 Å². The van der Waals surface area contributed by atoms with E-state index in [2.05, 4.69) is 15.9 Å². The molecule has 0 atom stereocenters. The standard InChI is InChI=1S/C10H6BrNO3/c11-8-3-4-12(15)9-2-1-6(10(13)14)5-7(8)9/h1-5H,(H,13,14). The third-order valence-electron chi connectivity index (χ3n) is 2.09. The van der Waals surface area contributed by atoms with Crippen molar-refractivity contribution in [3.05, 3.63) is 45.7 Å². The Morgan fingerprint density at radius 3 is 2.80 bits per heavy atom. The molecule has 2 rings (SSSR count). The van der Waals surface area contributed by atoms with Crippen LogP contribution in [0.3, 0.4) is 0 Å². The van der Waals surface area contributed by atoms with Gasteiger partial charge in [0.05, 0.1) is 10.9 Å². The second-order valence-corrected chi connectivity index (χ2v) is 3.88. The topological polar surface area (TPSA) is 64.2 Å². The molecule has 15 heavy (non-hydrogen) atoms. The molecule has 0 amide bonds. The zero-order valence-corrected chi connectivity index (χ0v) is 9.06. The van der Waals surface area contributed by atoms with Gasteiger partial charge in [-0.05, 0) is 28.1 Å². The fraction of sp³-hybridized carbons (Fsp3) is 0. The van der Waals surface area contributed by atoms with E-state index in [9.17, 15) is 10.0 Å². The van der Waals surface area contributed by atoms with E-state index in [0.29, 0.717) is 20.1 Å². The first-order valence-electron chi connectivity index (χ1n) is 4.14. The van der Waals surface area contributed by atoms with Gasteiger partial charge in [0.1, 0.15) is 0 Å². The highest BCUT2D eigenvalue weighted by atomic mass is 79.9. The molecule has 5 heteroatoms. The lowest BCUT2D eigenvalue weighted by Gasteiger charge is -2.03. The molecule has 1 aromatic carbocycles. The van der Waals surface area contributed by atoms with Crippen LogP contribution >= 0.6 is 15.9 Å². The molecule has 0 aliphatic rings. The molecular weight excluding hydrogens is 262 g/mol. The molecule has 1 aromatic heterocycles. The van der Waals surface area contributed by atoms with Crippen molar-refractivity contribution in [1.82, 2.24) is 0 Å². The first kappa shape index (κ1) is 9.92. The van der Waals surface area contributed by atoms with Crippen LogP contribution < -0.4 is 4.73 Å². The minimum atomic E-state index is -1.01. The number of pyridine rings is 1. The fourth-order valence-electron chi connectivity index (χ4n) is 1.36. The van der Waals surface area contributed by atoms with Crippen molar-refractivity contribution in [2.24, 2.45) is 0 Å². The Morgan fingerprint density at radius 1 is 1.40 bits per heavy atom. The number of fused-ring (bicyclic) bond motifs is 1. The summed E-state index contributed by atoms with van der Waals surface area (Å²) in [5.74, 6) is -1.01. The lowest BCUT2D eigenvalue weighted by Crippen LogP contribution is -2.26. The van der Waals surface area contributed by atoms with Gasteiger partial charge in [0.25, 0.3) is 0 Å². The second kappa shape index (κ2) is 3.51. The average Bonchev–Trinajstić information content (AvgIpc) is 2.23. The molecule has 0 unspecified atom stereocenters. The second-order valence-electron chi connectivity index (χ2n) is 3.03. The fourth-order valence-corrected chi connectivity index (χ4v) is 1.79. The number of aromatic carboxylic acids is 1. The molecule has 0 saturated heterocycles. The maximum Gasteiger partial charge on any atom is 0.335 e. The van der Waals surface area contributed by atoms with Gasteiger partial charge in [-0.2, -0.15) is 4.73 Å². The summed E-state index contributed by atoms with van der Waals surface area (Å²) in [6.07, 6.45) is 1.37. The van der Waals surface area contributed by atoms with E-state index in [1.165, 1.54) is 24.4 Å². The Hall–Kier alpha value is -1.62. The van der Waals surface area contributed by atoms with Gasteiger partial charge in [-0.1, -0.05) is 0 Å². The Labute approximate surface area is 93.5 Å². The lowest BCUT2D eigenvalue weighted by molar-refractivity contribution is -0.577. The van der Waals surface area contributed by atoms with Gasteiger partial charge in [0.15, 0.2) is 6.20 Å². The Bertz CT molecular complexity index is 554. The van der Waals surface area contributed by atoms with E-state index < -0.39 is 5.97 Å². The molecule has 2 aromatic rings. The van der Waals surface area contributed by atoms with Crippen LogP contribution in [-0.2, 0) is 0 Å². The number of hydrogen-bond acceptors (Lipinski definition) is 2. The SMILES string of the molecule is O=C(O)c1ccc2c(c1)c(Br)cc[n+]2[O-]. The Morgan fingerprint density at radius 2 is 2.13 bits per heavy atom. The van der Waals surface area contributed by atoms with Gasteiger partial charge in [-0.3, -0.25) is 0 Å². The van der Waals surface area contributed by atoms with E-state index in [-0.39, 0.29) is 5.56 Å². The summed E-state index contributed by atoms with van der Waals surface area (Å²) in [4.78, 5) is 10.7. The molecule has 0 spiro atoms. The van der Waals surface area contributed by atoms with Gasteiger partial charge < -0.3 is 10.3 Å². The molecule has 1 N–H and O–H groups in total. The molecule has 0 bridgehead atoms. The van der Waals surface area contributed by atoms with Crippen molar-refractivity contribution in [2.45, 2.75) is 0 Å². The molecule has 0 fully saturated rings. The van der Waals surface area contributed by atoms with Crippen molar-refractivity contribution < 1.29 is 14.6 Å². The first-order chi connectivity index (χ1) is 7.09. The summed E-state index contributed by atoms with van der Waals surface area (Å²) in [6, 6.07) is 5.96. The smallest absolute Gasteiger partial charge is 0.335 e. The van der Waals surface area contributed by atoms with Crippen LogP contribution in [-0.4, -0.2) is 11.1 Å². The lowest BCUT2D eigenvalue weighted by atomic mass is 10.1. The Kier molecular flexibility index (Phi) is 2.32. The number of halogens is 1. The largest absolute Gasteiger partial charge is 0.618 e. The highest BCUT2D eigenvalue weighted by Gasteiger charge is 2.10. The van der Waals surface area contributed by atoms with Crippen molar-refractivity contribution >= 4 is 32.8 Å². The average molecular weight is 268 g/mol. The number of carbonyl (C=O) groups is 1. The Balaban J connectivity index is 2.81. The molecule has 4 nitrogen and oxygen atoms in total. The van der Waals surface area contributed by atoms with Crippen LogP contribution in [0.25, 0.3) is 10.9 Å². The third kappa shape index (κ3) is 1.66. The van der Waals surface area contributed by atoms with E-state index in [4.69, 9.17) is 5.11 Å². The third-order valence-corrected chi connectivity index (χ3v) is 2.79. The summed E-state index contributed by atoms with van der Waals surface area (Å²) >= 11 is 3.27. The van der Waals surface area contributed by atoms with Gasteiger partial charge in [-0.15, -0.1) is 0 Å². The van der Waals surface area contributed by atoms with Gasteiger partial charge in [-0.25, -0.2) is 4.79 Å². The summed E-state index contributed by atoms with van der Waals surface area (Å²) in [5.41, 5.74) is 0.601. The zero-order valence-electron chi connectivity index (χ0n) is 7.48. The van der Waals surface area contributed by atoms with Crippen LogP contribution in [0.1, 0.15) is 10.4 Å². The van der Waals surface area contributed by atoms with Gasteiger partial charge in [0, 0.05) is 16.6 Å². The number of nitrogens with zero attached hydrogens (tertiary/aromatic N) is 1. The number of benzene rings is 1. The molecule has 0 radical (unpaired) electrons. The van der Waals surface area contributed by atoms with Crippen LogP contribution in [0.4, 0.5) is 0 Å². The number of hydrogen-bond donors (Lipinski definition) is 1.